The fraction of sp³-hybridized carbons (Fsp3) is 0.333. The predicted octanol–water partition coefficient (Wildman–Crippen LogP) is 1.63. The van der Waals surface area contributed by atoms with E-state index in [1.165, 1.54) is 0 Å². The smallest absolute Gasteiger partial charge is 0.227 e. The number of nitrogens with zero attached hydrogens (tertiary/aromatic N) is 1. The Morgan fingerprint density at radius 2 is 2.00 bits per heavy atom. The lowest BCUT2D eigenvalue weighted by atomic mass is 9.97. The Hall–Kier alpha value is -1.64. The van der Waals surface area contributed by atoms with Crippen LogP contribution in [0.15, 0.2) is 30.3 Å². The van der Waals surface area contributed by atoms with Crippen molar-refractivity contribution >= 4 is 17.9 Å². The van der Waals surface area contributed by atoms with Gasteiger partial charge in [0.2, 0.25) is 5.91 Å². The molecule has 1 amide bonds. The van der Waals surface area contributed by atoms with Crippen LogP contribution in [0.5, 0.6) is 0 Å². The highest BCUT2D eigenvalue weighted by Gasteiger charge is 2.25. The van der Waals surface area contributed by atoms with E-state index in [9.17, 15) is 9.59 Å². The Labute approximate surface area is 88.7 Å². The second-order valence-electron chi connectivity index (χ2n) is 3.77. The molecule has 78 valence electrons. The summed E-state index contributed by atoms with van der Waals surface area (Å²) in [6, 6.07) is 9.58. The molecule has 2 rings (SSSR count). The van der Waals surface area contributed by atoms with E-state index >= 15 is 0 Å². The molecule has 0 spiro atoms. The van der Waals surface area contributed by atoms with E-state index in [1.54, 1.807) is 4.90 Å². The van der Waals surface area contributed by atoms with Crippen molar-refractivity contribution in [1.29, 1.82) is 0 Å². The second kappa shape index (κ2) is 4.26. The van der Waals surface area contributed by atoms with Crippen molar-refractivity contribution in [3.8, 4) is 0 Å². The predicted molar refractivity (Wildman–Crippen MR) is 57.6 cm³/mol. The number of piperidine rings is 1. The minimum Gasteiger partial charge on any atom is -0.312 e. The molecule has 0 N–H and O–H groups in total. The summed E-state index contributed by atoms with van der Waals surface area (Å²) in [5.41, 5.74) is 0.923. The highest BCUT2D eigenvalue weighted by Crippen LogP contribution is 2.22. The SMILES string of the molecule is O=CC1CCN(c2ccccc2)C(=O)C1. The first-order chi connectivity index (χ1) is 7.31. The van der Waals surface area contributed by atoms with Crippen molar-refractivity contribution in [2.45, 2.75) is 12.8 Å². The molecule has 0 radical (unpaired) electrons. The summed E-state index contributed by atoms with van der Waals surface area (Å²) < 4.78 is 0. The van der Waals surface area contributed by atoms with Gasteiger partial charge in [0.15, 0.2) is 0 Å². The van der Waals surface area contributed by atoms with Crippen LogP contribution in [-0.4, -0.2) is 18.7 Å². The monoisotopic (exact) mass is 203 g/mol. The van der Waals surface area contributed by atoms with Gasteiger partial charge in [-0.15, -0.1) is 0 Å². The van der Waals surface area contributed by atoms with Crippen LogP contribution < -0.4 is 4.90 Å². The van der Waals surface area contributed by atoms with Gasteiger partial charge in [-0.3, -0.25) is 4.79 Å². The number of para-hydroxylation sites is 1. The molecule has 3 nitrogen and oxygen atoms in total. The number of anilines is 1. The van der Waals surface area contributed by atoms with E-state index in [2.05, 4.69) is 0 Å². The molecule has 1 saturated heterocycles. The fourth-order valence-corrected chi connectivity index (χ4v) is 1.85. The number of hydrogen-bond acceptors (Lipinski definition) is 2. The van der Waals surface area contributed by atoms with E-state index in [-0.39, 0.29) is 11.8 Å². The van der Waals surface area contributed by atoms with Crippen LogP contribution in [0.4, 0.5) is 5.69 Å². The standard InChI is InChI=1S/C12H13NO2/c14-9-10-6-7-13(12(15)8-10)11-4-2-1-3-5-11/h1-5,9-10H,6-8H2. The summed E-state index contributed by atoms with van der Waals surface area (Å²) in [5, 5.41) is 0. The van der Waals surface area contributed by atoms with Crippen LogP contribution in [0.25, 0.3) is 0 Å². The lowest BCUT2D eigenvalue weighted by Crippen LogP contribution is -2.39. The molecule has 1 aromatic rings. The Morgan fingerprint density at radius 1 is 1.27 bits per heavy atom. The van der Waals surface area contributed by atoms with Gasteiger partial charge in [0.05, 0.1) is 0 Å². The number of benzene rings is 1. The molecule has 1 aliphatic heterocycles. The molecule has 3 heteroatoms. The topological polar surface area (TPSA) is 37.4 Å². The minimum atomic E-state index is -0.0857. The van der Waals surface area contributed by atoms with Crippen molar-refractivity contribution in [3.63, 3.8) is 0 Å². The van der Waals surface area contributed by atoms with Crippen molar-refractivity contribution in [3.05, 3.63) is 30.3 Å². The molecular formula is C12H13NO2. The van der Waals surface area contributed by atoms with Crippen LogP contribution in [0, 0.1) is 5.92 Å². The number of aldehydes is 1. The largest absolute Gasteiger partial charge is 0.312 e. The Balaban J connectivity index is 2.13. The molecule has 0 aromatic heterocycles. The van der Waals surface area contributed by atoms with Crippen molar-refractivity contribution in [2.24, 2.45) is 5.92 Å². The summed E-state index contributed by atoms with van der Waals surface area (Å²) >= 11 is 0. The molecule has 1 unspecified atom stereocenters. The van der Waals surface area contributed by atoms with E-state index in [0.717, 1.165) is 18.4 Å². The summed E-state index contributed by atoms with van der Waals surface area (Å²) in [7, 11) is 0. The maximum atomic E-state index is 11.7. The number of rotatable bonds is 2. The lowest BCUT2D eigenvalue weighted by Gasteiger charge is -2.29. The highest BCUT2D eigenvalue weighted by atomic mass is 16.2. The Morgan fingerprint density at radius 3 is 2.60 bits per heavy atom. The Kier molecular flexibility index (Phi) is 2.81. The first-order valence-electron chi connectivity index (χ1n) is 5.12. The molecule has 0 aliphatic carbocycles. The zero-order valence-electron chi connectivity index (χ0n) is 8.43. The quantitative estimate of drug-likeness (QED) is 0.685. The maximum Gasteiger partial charge on any atom is 0.227 e. The van der Waals surface area contributed by atoms with Crippen LogP contribution >= 0.6 is 0 Å². The number of carbonyl (C=O) groups excluding carboxylic acids is 2. The molecule has 15 heavy (non-hydrogen) atoms. The molecule has 1 atom stereocenters. The van der Waals surface area contributed by atoms with Crippen LogP contribution in [0.3, 0.4) is 0 Å². The molecule has 1 aromatic carbocycles. The molecular weight excluding hydrogens is 190 g/mol. The molecule has 1 fully saturated rings. The van der Waals surface area contributed by atoms with Gasteiger partial charge in [-0.2, -0.15) is 0 Å². The van der Waals surface area contributed by atoms with Gasteiger partial charge in [0.1, 0.15) is 6.29 Å². The van der Waals surface area contributed by atoms with Gasteiger partial charge in [0, 0.05) is 24.6 Å². The van der Waals surface area contributed by atoms with Gasteiger partial charge < -0.3 is 9.69 Å². The second-order valence-corrected chi connectivity index (χ2v) is 3.77. The summed E-state index contributed by atoms with van der Waals surface area (Å²) in [6.07, 6.45) is 2.00. The highest BCUT2D eigenvalue weighted by molar-refractivity contribution is 5.95. The van der Waals surface area contributed by atoms with E-state index < -0.39 is 0 Å². The van der Waals surface area contributed by atoms with E-state index in [1.807, 2.05) is 30.3 Å². The third kappa shape index (κ3) is 2.06. The molecule has 1 heterocycles. The number of hydrogen-bond donors (Lipinski definition) is 0. The maximum absolute atomic E-state index is 11.7. The van der Waals surface area contributed by atoms with E-state index in [4.69, 9.17) is 0 Å². The fourth-order valence-electron chi connectivity index (χ4n) is 1.85. The van der Waals surface area contributed by atoms with Gasteiger partial charge in [-0.05, 0) is 18.6 Å². The summed E-state index contributed by atoms with van der Waals surface area (Å²) in [4.78, 5) is 24.1. The van der Waals surface area contributed by atoms with Crippen molar-refractivity contribution in [2.75, 3.05) is 11.4 Å². The van der Waals surface area contributed by atoms with Gasteiger partial charge in [-0.25, -0.2) is 0 Å². The first-order valence-corrected chi connectivity index (χ1v) is 5.12. The summed E-state index contributed by atoms with van der Waals surface area (Å²) in [5.74, 6) is -0.0398. The van der Waals surface area contributed by atoms with Crippen LogP contribution in [0.1, 0.15) is 12.8 Å². The average Bonchev–Trinajstić information content (AvgIpc) is 2.30. The van der Waals surface area contributed by atoms with Crippen LogP contribution in [0.2, 0.25) is 0 Å². The normalized spacial score (nSPS) is 21.5. The Bertz CT molecular complexity index is 361. The van der Waals surface area contributed by atoms with Crippen molar-refractivity contribution < 1.29 is 9.59 Å². The van der Waals surface area contributed by atoms with Gasteiger partial charge in [0.25, 0.3) is 0 Å². The summed E-state index contributed by atoms with van der Waals surface area (Å²) in [6.45, 7) is 0.645. The minimum absolute atomic E-state index is 0.0459. The zero-order valence-corrected chi connectivity index (χ0v) is 8.43. The molecule has 0 bridgehead atoms. The van der Waals surface area contributed by atoms with Gasteiger partial charge in [-0.1, -0.05) is 18.2 Å². The number of carbonyl (C=O) groups is 2. The van der Waals surface area contributed by atoms with E-state index in [0.29, 0.717) is 13.0 Å². The number of amides is 1. The van der Waals surface area contributed by atoms with Crippen molar-refractivity contribution in [1.82, 2.24) is 0 Å². The zero-order chi connectivity index (χ0) is 10.7. The molecule has 0 saturated carbocycles. The van der Waals surface area contributed by atoms with Crippen LogP contribution in [-0.2, 0) is 9.59 Å². The average molecular weight is 203 g/mol. The molecule has 1 aliphatic rings. The van der Waals surface area contributed by atoms with Gasteiger partial charge >= 0.3 is 0 Å². The third-order valence-electron chi connectivity index (χ3n) is 2.72. The lowest BCUT2D eigenvalue weighted by molar-refractivity contribution is -0.124. The first kappa shape index (κ1) is 9.90. The third-order valence-corrected chi connectivity index (χ3v) is 2.72.